The molecule has 1 aliphatic rings. The Morgan fingerprint density at radius 2 is 2.05 bits per heavy atom. The zero-order chi connectivity index (χ0) is 14.4. The van der Waals surface area contributed by atoms with Crippen molar-refractivity contribution in [2.45, 2.75) is 25.0 Å². The van der Waals surface area contributed by atoms with Crippen molar-refractivity contribution in [2.24, 2.45) is 0 Å². The minimum absolute atomic E-state index is 0.337. The van der Waals surface area contributed by atoms with Crippen LogP contribution >= 0.6 is 0 Å². The van der Waals surface area contributed by atoms with E-state index in [9.17, 15) is 0 Å². The van der Waals surface area contributed by atoms with E-state index in [1.165, 1.54) is 5.56 Å². The lowest BCUT2D eigenvalue weighted by atomic mass is 10.0. The molecule has 1 aliphatic heterocycles. The molecule has 1 fully saturated rings. The molecule has 4 heteroatoms. The second kappa shape index (κ2) is 7.62. The van der Waals surface area contributed by atoms with Crippen molar-refractivity contribution in [1.29, 1.82) is 0 Å². The van der Waals surface area contributed by atoms with Gasteiger partial charge in [0.1, 0.15) is 5.75 Å². The smallest absolute Gasteiger partial charge is 0.119 e. The number of rotatable bonds is 6. The van der Waals surface area contributed by atoms with Gasteiger partial charge in [-0.3, -0.25) is 0 Å². The van der Waals surface area contributed by atoms with Gasteiger partial charge in [0.15, 0.2) is 0 Å². The Labute approximate surface area is 122 Å². The van der Waals surface area contributed by atoms with Gasteiger partial charge in [-0.05, 0) is 37.6 Å². The van der Waals surface area contributed by atoms with Gasteiger partial charge < -0.3 is 19.7 Å². The molecule has 0 amide bonds. The third kappa shape index (κ3) is 3.95. The zero-order valence-electron chi connectivity index (χ0n) is 12.8. The molecule has 2 rings (SSSR count). The Hall–Kier alpha value is -1.10. The maximum Gasteiger partial charge on any atom is 0.119 e. The SMILES string of the molecule is CNC(CN1CCC(OC)CC1)c1cccc(OC)c1. The molecule has 1 aromatic rings. The lowest BCUT2D eigenvalue weighted by Gasteiger charge is -2.33. The van der Waals surface area contributed by atoms with Gasteiger partial charge >= 0.3 is 0 Å². The molecule has 1 atom stereocenters. The number of ether oxygens (including phenoxy) is 2. The first kappa shape index (κ1) is 15.3. The first-order valence-electron chi connectivity index (χ1n) is 7.33. The minimum atomic E-state index is 0.337. The number of nitrogens with one attached hydrogen (secondary N) is 1. The molecule has 1 aromatic carbocycles. The Balaban J connectivity index is 1.95. The van der Waals surface area contributed by atoms with Gasteiger partial charge in [0.05, 0.1) is 13.2 Å². The number of piperidine rings is 1. The van der Waals surface area contributed by atoms with Crippen molar-refractivity contribution < 1.29 is 9.47 Å². The summed E-state index contributed by atoms with van der Waals surface area (Å²) in [5.74, 6) is 0.917. The summed E-state index contributed by atoms with van der Waals surface area (Å²) in [4.78, 5) is 2.51. The summed E-state index contributed by atoms with van der Waals surface area (Å²) in [6.45, 7) is 3.25. The molecular formula is C16H26N2O2. The maximum atomic E-state index is 5.43. The number of methoxy groups -OCH3 is 2. The average molecular weight is 278 g/mol. The van der Waals surface area contributed by atoms with Crippen molar-refractivity contribution in [1.82, 2.24) is 10.2 Å². The Morgan fingerprint density at radius 3 is 2.65 bits per heavy atom. The largest absolute Gasteiger partial charge is 0.497 e. The molecule has 0 aliphatic carbocycles. The van der Waals surface area contributed by atoms with Crippen LogP contribution in [0.1, 0.15) is 24.4 Å². The topological polar surface area (TPSA) is 33.7 Å². The van der Waals surface area contributed by atoms with Gasteiger partial charge in [0.2, 0.25) is 0 Å². The molecule has 1 unspecified atom stereocenters. The highest BCUT2D eigenvalue weighted by Crippen LogP contribution is 2.21. The van der Waals surface area contributed by atoms with Crippen LogP contribution in [0.3, 0.4) is 0 Å². The highest BCUT2D eigenvalue weighted by Gasteiger charge is 2.21. The van der Waals surface area contributed by atoms with E-state index >= 15 is 0 Å². The number of nitrogens with zero attached hydrogens (tertiary/aromatic N) is 1. The van der Waals surface area contributed by atoms with Crippen LogP contribution in [0.2, 0.25) is 0 Å². The summed E-state index contributed by atoms with van der Waals surface area (Å²) >= 11 is 0. The van der Waals surface area contributed by atoms with E-state index in [1.54, 1.807) is 7.11 Å². The number of benzene rings is 1. The fourth-order valence-corrected chi connectivity index (χ4v) is 2.81. The summed E-state index contributed by atoms with van der Waals surface area (Å²) in [7, 11) is 5.54. The van der Waals surface area contributed by atoms with Crippen LogP contribution in [-0.2, 0) is 4.74 Å². The number of hydrogen-bond acceptors (Lipinski definition) is 4. The fourth-order valence-electron chi connectivity index (χ4n) is 2.81. The van der Waals surface area contributed by atoms with E-state index in [2.05, 4.69) is 28.4 Å². The molecule has 4 nitrogen and oxygen atoms in total. The lowest BCUT2D eigenvalue weighted by molar-refractivity contribution is 0.0386. The average Bonchev–Trinajstić information content (AvgIpc) is 2.53. The van der Waals surface area contributed by atoms with Crippen LogP contribution in [0, 0.1) is 0 Å². The van der Waals surface area contributed by atoms with E-state index in [4.69, 9.17) is 9.47 Å². The fraction of sp³-hybridized carbons (Fsp3) is 0.625. The summed E-state index contributed by atoms with van der Waals surface area (Å²) in [5, 5.41) is 3.41. The van der Waals surface area contributed by atoms with Gasteiger partial charge in [-0.2, -0.15) is 0 Å². The van der Waals surface area contributed by atoms with Crippen LogP contribution in [-0.4, -0.2) is 51.9 Å². The summed E-state index contributed by atoms with van der Waals surface area (Å²) in [6.07, 6.45) is 2.70. The van der Waals surface area contributed by atoms with E-state index in [1.807, 2.05) is 20.2 Å². The molecule has 1 saturated heterocycles. The van der Waals surface area contributed by atoms with E-state index in [0.717, 1.165) is 38.2 Å². The van der Waals surface area contributed by atoms with Gasteiger partial charge in [-0.1, -0.05) is 12.1 Å². The molecule has 20 heavy (non-hydrogen) atoms. The van der Waals surface area contributed by atoms with Crippen molar-refractivity contribution in [2.75, 3.05) is 40.9 Å². The van der Waals surface area contributed by atoms with Crippen LogP contribution in [0.25, 0.3) is 0 Å². The molecular weight excluding hydrogens is 252 g/mol. The van der Waals surface area contributed by atoms with Crippen molar-refractivity contribution >= 4 is 0 Å². The third-order valence-electron chi connectivity index (χ3n) is 4.15. The minimum Gasteiger partial charge on any atom is -0.497 e. The summed E-state index contributed by atoms with van der Waals surface area (Å²) in [6, 6.07) is 8.65. The quantitative estimate of drug-likeness (QED) is 0.863. The van der Waals surface area contributed by atoms with Crippen LogP contribution < -0.4 is 10.1 Å². The Kier molecular flexibility index (Phi) is 5.83. The standard InChI is InChI=1S/C16H26N2O2/c1-17-16(13-5-4-6-15(11-13)20-3)12-18-9-7-14(19-2)8-10-18/h4-6,11,14,16-17H,7-10,12H2,1-3H3. The van der Waals surface area contributed by atoms with Crippen molar-refractivity contribution in [3.8, 4) is 5.75 Å². The predicted molar refractivity (Wildman–Crippen MR) is 81.3 cm³/mol. The second-order valence-electron chi connectivity index (χ2n) is 5.35. The molecule has 0 bridgehead atoms. The van der Waals surface area contributed by atoms with Gasteiger partial charge in [-0.25, -0.2) is 0 Å². The molecule has 0 spiro atoms. The predicted octanol–water partition coefficient (Wildman–Crippen LogP) is 2.07. The van der Waals surface area contributed by atoms with E-state index in [-0.39, 0.29) is 0 Å². The molecule has 1 N–H and O–H groups in total. The Morgan fingerprint density at radius 1 is 1.30 bits per heavy atom. The van der Waals surface area contributed by atoms with Crippen molar-refractivity contribution in [3.05, 3.63) is 29.8 Å². The normalized spacial score (nSPS) is 18.9. The number of likely N-dealkylation sites (tertiary alicyclic amines) is 1. The van der Waals surface area contributed by atoms with Crippen LogP contribution in [0.5, 0.6) is 5.75 Å². The number of hydrogen-bond donors (Lipinski definition) is 1. The first-order chi connectivity index (χ1) is 9.76. The lowest BCUT2D eigenvalue weighted by Crippen LogP contribution is -2.41. The second-order valence-corrected chi connectivity index (χ2v) is 5.35. The van der Waals surface area contributed by atoms with Crippen LogP contribution in [0.4, 0.5) is 0 Å². The Bertz CT molecular complexity index is 403. The molecule has 0 aromatic heterocycles. The summed E-state index contributed by atoms with van der Waals surface area (Å²) in [5.41, 5.74) is 1.28. The first-order valence-corrected chi connectivity index (χ1v) is 7.33. The van der Waals surface area contributed by atoms with E-state index in [0.29, 0.717) is 12.1 Å². The molecule has 0 saturated carbocycles. The molecule has 1 heterocycles. The monoisotopic (exact) mass is 278 g/mol. The highest BCUT2D eigenvalue weighted by atomic mass is 16.5. The van der Waals surface area contributed by atoms with Gasteiger partial charge in [-0.15, -0.1) is 0 Å². The highest BCUT2D eigenvalue weighted by molar-refractivity contribution is 5.30. The molecule has 112 valence electrons. The number of likely N-dealkylation sites (N-methyl/N-ethyl adjacent to an activating group) is 1. The van der Waals surface area contributed by atoms with Crippen molar-refractivity contribution in [3.63, 3.8) is 0 Å². The third-order valence-corrected chi connectivity index (χ3v) is 4.15. The maximum absolute atomic E-state index is 5.43. The molecule has 0 radical (unpaired) electrons. The van der Waals surface area contributed by atoms with Gasteiger partial charge in [0.25, 0.3) is 0 Å². The van der Waals surface area contributed by atoms with E-state index < -0.39 is 0 Å². The summed E-state index contributed by atoms with van der Waals surface area (Å²) < 4.78 is 10.7. The van der Waals surface area contributed by atoms with Gasteiger partial charge in [0, 0.05) is 32.8 Å². The zero-order valence-corrected chi connectivity index (χ0v) is 12.8. The van der Waals surface area contributed by atoms with Crippen LogP contribution in [0.15, 0.2) is 24.3 Å².